The first kappa shape index (κ1) is 16.5. The van der Waals surface area contributed by atoms with Gasteiger partial charge in [-0.25, -0.2) is 4.57 Å². The summed E-state index contributed by atoms with van der Waals surface area (Å²) in [7, 11) is 2.03. The predicted molar refractivity (Wildman–Crippen MR) is 117 cm³/mol. The van der Waals surface area contributed by atoms with Gasteiger partial charge in [-0.15, -0.1) is 0 Å². The molecule has 0 saturated heterocycles. The standard InChI is InChI=1S/C26H21N2/c1-27-18-16-21(17-19-27)11-10-20-12-14-22(15-13-20)28-25-8-4-2-6-23(25)24-7-3-5-9-26(24)28/h2-19H,1H3/q+1. The molecule has 0 radical (unpaired) electrons. The highest BCUT2D eigenvalue weighted by atomic mass is 15.0. The third-order valence-corrected chi connectivity index (χ3v) is 5.20. The Labute approximate surface area is 164 Å². The Kier molecular flexibility index (Phi) is 4.02. The van der Waals surface area contributed by atoms with Crippen LogP contribution in [0, 0.1) is 0 Å². The molecule has 0 aliphatic heterocycles. The zero-order valence-corrected chi connectivity index (χ0v) is 15.8. The zero-order chi connectivity index (χ0) is 18.9. The van der Waals surface area contributed by atoms with Crippen molar-refractivity contribution in [3.63, 3.8) is 0 Å². The lowest BCUT2D eigenvalue weighted by atomic mass is 10.1. The van der Waals surface area contributed by atoms with Crippen molar-refractivity contribution in [3.05, 3.63) is 108 Å². The molecule has 2 heteroatoms. The lowest BCUT2D eigenvalue weighted by molar-refractivity contribution is -0.671. The molecule has 3 aromatic carbocycles. The second-order valence-corrected chi connectivity index (χ2v) is 7.09. The molecule has 5 aromatic rings. The van der Waals surface area contributed by atoms with Crippen molar-refractivity contribution >= 4 is 34.0 Å². The van der Waals surface area contributed by atoms with Gasteiger partial charge in [-0.3, -0.25) is 0 Å². The number of benzene rings is 3. The summed E-state index contributed by atoms with van der Waals surface area (Å²) < 4.78 is 4.38. The van der Waals surface area contributed by atoms with E-state index in [4.69, 9.17) is 0 Å². The number of aryl methyl sites for hydroxylation is 1. The highest BCUT2D eigenvalue weighted by Crippen LogP contribution is 2.31. The first-order valence-corrected chi connectivity index (χ1v) is 9.52. The van der Waals surface area contributed by atoms with Crippen molar-refractivity contribution in [1.29, 1.82) is 0 Å². The monoisotopic (exact) mass is 361 g/mol. The van der Waals surface area contributed by atoms with Crippen LogP contribution in [0.3, 0.4) is 0 Å². The summed E-state index contributed by atoms with van der Waals surface area (Å²) in [6, 6.07) is 30.2. The number of fused-ring (bicyclic) bond motifs is 3. The van der Waals surface area contributed by atoms with E-state index in [1.807, 2.05) is 11.6 Å². The van der Waals surface area contributed by atoms with Gasteiger partial charge in [-0.2, -0.15) is 0 Å². The second kappa shape index (κ2) is 6.82. The molecule has 28 heavy (non-hydrogen) atoms. The topological polar surface area (TPSA) is 8.81 Å². The van der Waals surface area contributed by atoms with Crippen LogP contribution in [0.1, 0.15) is 11.1 Å². The minimum Gasteiger partial charge on any atom is -0.309 e. The van der Waals surface area contributed by atoms with Gasteiger partial charge < -0.3 is 4.57 Å². The molecule has 2 heterocycles. The van der Waals surface area contributed by atoms with E-state index < -0.39 is 0 Å². The maximum Gasteiger partial charge on any atom is 0.169 e. The summed E-state index contributed by atoms with van der Waals surface area (Å²) in [5.74, 6) is 0. The average Bonchev–Trinajstić information content (AvgIpc) is 3.08. The van der Waals surface area contributed by atoms with E-state index in [1.54, 1.807) is 0 Å². The predicted octanol–water partition coefficient (Wildman–Crippen LogP) is 5.78. The number of hydrogen-bond acceptors (Lipinski definition) is 0. The van der Waals surface area contributed by atoms with Crippen LogP contribution in [0.25, 0.3) is 39.6 Å². The lowest BCUT2D eigenvalue weighted by Crippen LogP contribution is -2.25. The van der Waals surface area contributed by atoms with Crippen molar-refractivity contribution in [1.82, 2.24) is 4.57 Å². The second-order valence-electron chi connectivity index (χ2n) is 7.09. The maximum atomic E-state index is 2.34. The summed E-state index contributed by atoms with van der Waals surface area (Å²) >= 11 is 0. The van der Waals surface area contributed by atoms with Crippen molar-refractivity contribution in [2.45, 2.75) is 0 Å². The fourth-order valence-corrected chi connectivity index (χ4v) is 3.75. The minimum absolute atomic E-state index is 1.18. The average molecular weight is 361 g/mol. The van der Waals surface area contributed by atoms with Gasteiger partial charge >= 0.3 is 0 Å². The van der Waals surface area contributed by atoms with Gasteiger partial charge in [-0.05, 0) is 35.4 Å². The summed E-state index contributed by atoms with van der Waals surface area (Å²) in [6.45, 7) is 0. The number of rotatable bonds is 3. The molecule has 2 aromatic heterocycles. The van der Waals surface area contributed by atoms with E-state index in [9.17, 15) is 0 Å². The van der Waals surface area contributed by atoms with Crippen LogP contribution in [0.4, 0.5) is 0 Å². The van der Waals surface area contributed by atoms with Crippen LogP contribution in [0.2, 0.25) is 0 Å². The molecule has 0 aliphatic carbocycles. The molecular formula is C26H21N2+. The number of hydrogen-bond donors (Lipinski definition) is 0. The van der Waals surface area contributed by atoms with Gasteiger partial charge in [-0.1, -0.05) is 60.7 Å². The largest absolute Gasteiger partial charge is 0.309 e. The van der Waals surface area contributed by atoms with Crippen molar-refractivity contribution < 1.29 is 4.57 Å². The fourth-order valence-electron chi connectivity index (χ4n) is 3.75. The first-order chi connectivity index (χ1) is 13.8. The van der Waals surface area contributed by atoms with E-state index in [0.717, 1.165) is 0 Å². The third kappa shape index (κ3) is 2.89. The Balaban J connectivity index is 1.55. The van der Waals surface area contributed by atoms with Gasteiger partial charge in [0.1, 0.15) is 7.05 Å². The van der Waals surface area contributed by atoms with Crippen LogP contribution >= 0.6 is 0 Å². The van der Waals surface area contributed by atoms with Crippen molar-refractivity contribution in [2.24, 2.45) is 7.05 Å². The number of pyridine rings is 1. The van der Waals surface area contributed by atoms with Gasteiger partial charge in [0.25, 0.3) is 0 Å². The normalized spacial score (nSPS) is 11.6. The third-order valence-electron chi connectivity index (χ3n) is 5.20. The van der Waals surface area contributed by atoms with Crippen LogP contribution in [0.15, 0.2) is 97.3 Å². The Morgan fingerprint density at radius 3 is 1.68 bits per heavy atom. The molecular weight excluding hydrogens is 340 g/mol. The number of nitrogens with zero attached hydrogens (tertiary/aromatic N) is 2. The smallest absolute Gasteiger partial charge is 0.169 e. The van der Waals surface area contributed by atoms with Crippen molar-refractivity contribution in [3.8, 4) is 5.69 Å². The van der Waals surface area contributed by atoms with Gasteiger partial charge in [0.2, 0.25) is 0 Å². The Hall–Kier alpha value is -3.65. The van der Waals surface area contributed by atoms with Crippen LogP contribution in [-0.4, -0.2) is 4.57 Å². The molecule has 134 valence electrons. The Morgan fingerprint density at radius 1 is 0.607 bits per heavy atom. The van der Waals surface area contributed by atoms with Gasteiger partial charge in [0, 0.05) is 28.6 Å². The molecule has 0 saturated carbocycles. The minimum atomic E-state index is 1.18. The lowest BCUT2D eigenvalue weighted by Gasteiger charge is -2.08. The summed E-state index contributed by atoms with van der Waals surface area (Å²) in [4.78, 5) is 0. The molecule has 0 amide bonds. The highest BCUT2D eigenvalue weighted by Gasteiger charge is 2.10. The summed E-state index contributed by atoms with van der Waals surface area (Å²) in [6.07, 6.45) is 8.43. The highest BCUT2D eigenvalue weighted by molar-refractivity contribution is 6.09. The Bertz CT molecular complexity index is 1240. The molecule has 0 atom stereocenters. The molecule has 2 nitrogen and oxygen atoms in total. The van der Waals surface area contributed by atoms with E-state index in [-0.39, 0.29) is 0 Å². The van der Waals surface area contributed by atoms with Gasteiger partial charge in [0.15, 0.2) is 12.4 Å². The summed E-state index contributed by atoms with van der Waals surface area (Å²) in [5.41, 5.74) is 6.05. The van der Waals surface area contributed by atoms with Gasteiger partial charge in [0.05, 0.1) is 11.0 Å². The van der Waals surface area contributed by atoms with Crippen LogP contribution < -0.4 is 4.57 Å². The quantitative estimate of drug-likeness (QED) is 0.360. The zero-order valence-electron chi connectivity index (χ0n) is 15.8. The van der Waals surface area contributed by atoms with Crippen LogP contribution in [-0.2, 0) is 7.05 Å². The molecule has 0 N–H and O–H groups in total. The first-order valence-electron chi connectivity index (χ1n) is 9.52. The fraction of sp³-hybridized carbons (Fsp3) is 0.0385. The van der Waals surface area contributed by atoms with E-state index >= 15 is 0 Å². The van der Waals surface area contributed by atoms with Crippen molar-refractivity contribution in [2.75, 3.05) is 0 Å². The van der Waals surface area contributed by atoms with E-state index in [2.05, 4.69) is 114 Å². The molecule has 0 aliphatic rings. The SMILES string of the molecule is C[n+]1ccc(C=Cc2ccc(-n3c4ccccc4c4ccccc43)cc2)cc1. The van der Waals surface area contributed by atoms with E-state index in [1.165, 1.54) is 38.6 Å². The summed E-state index contributed by atoms with van der Waals surface area (Å²) in [5, 5.41) is 2.58. The number of para-hydroxylation sites is 2. The Morgan fingerprint density at radius 2 is 1.11 bits per heavy atom. The molecule has 0 spiro atoms. The molecule has 0 bridgehead atoms. The number of aromatic nitrogens is 2. The van der Waals surface area contributed by atoms with Crippen LogP contribution in [0.5, 0.6) is 0 Å². The van der Waals surface area contributed by atoms with E-state index in [0.29, 0.717) is 0 Å². The molecule has 0 unspecified atom stereocenters. The molecule has 0 fully saturated rings. The maximum absolute atomic E-state index is 2.34. The molecule has 5 rings (SSSR count).